The zero-order valence-corrected chi connectivity index (χ0v) is 17.6. The van der Waals surface area contributed by atoms with Crippen LogP contribution >= 0.6 is 0 Å². The van der Waals surface area contributed by atoms with Crippen LogP contribution in [0, 0.1) is 5.92 Å². The molecule has 1 saturated heterocycles. The lowest BCUT2D eigenvalue weighted by molar-refractivity contribution is -0.120. The Balaban J connectivity index is 1.51. The molecule has 1 N–H and O–H groups in total. The average molecular weight is 425 g/mol. The number of hydrogen-bond acceptors (Lipinski definition) is 4. The van der Waals surface area contributed by atoms with Crippen molar-refractivity contribution in [2.24, 2.45) is 5.92 Å². The van der Waals surface area contributed by atoms with Crippen LogP contribution in [0.2, 0.25) is 0 Å². The molecule has 1 heterocycles. The first kappa shape index (κ1) is 20.4. The molecule has 1 atom stereocenters. The van der Waals surface area contributed by atoms with Gasteiger partial charge in [-0.1, -0.05) is 36.4 Å². The molecule has 0 unspecified atom stereocenters. The van der Waals surface area contributed by atoms with E-state index in [1.54, 1.807) is 43.5 Å². The van der Waals surface area contributed by atoms with Gasteiger partial charge in [0.1, 0.15) is 5.75 Å². The Morgan fingerprint density at radius 1 is 1.03 bits per heavy atom. The van der Waals surface area contributed by atoms with E-state index in [0.717, 1.165) is 10.8 Å². The van der Waals surface area contributed by atoms with Gasteiger partial charge in [0.2, 0.25) is 15.9 Å². The van der Waals surface area contributed by atoms with Gasteiger partial charge in [-0.25, -0.2) is 8.42 Å². The normalized spacial score (nSPS) is 17.6. The summed E-state index contributed by atoms with van der Waals surface area (Å²) < 4.78 is 33.0. The Hall–Kier alpha value is -2.90. The standard InChI is InChI=1S/C23H24N2O4S/c1-29-21-10-4-9-20(15-21)24-23(26)19-8-5-13-25(16-19)30(27,28)22-12-11-17-6-2-3-7-18(17)14-22/h2-4,6-7,9-12,14-15,19H,5,8,13,16H2,1H3,(H,24,26)/t19-/m1/s1. The Morgan fingerprint density at radius 2 is 1.83 bits per heavy atom. The highest BCUT2D eigenvalue weighted by atomic mass is 32.2. The molecule has 0 aliphatic carbocycles. The molecule has 3 aromatic carbocycles. The summed E-state index contributed by atoms with van der Waals surface area (Å²) in [6, 6.07) is 19.9. The van der Waals surface area contributed by atoms with Crippen LogP contribution < -0.4 is 10.1 Å². The number of benzene rings is 3. The van der Waals surface area contributed by atoms with Crippen LogP contribution in [0.25, 0.3) is 10.8 Å². The number of methoxy groups -OCH3 is 1. The van der Waals surface area contributed by atoms with Crippen molar-refractivity contribution >= 4 is 32.4 Å². The van der Waals surface area contributed by atoms with Gasteiger partial charge in [0.25, 0.3) is 0 Å². The lowest BCUT2D eigenvalue weighted by atomic mass is 9.98. The maximum atomic E-state index is 13.2. The van der Waals surface area contributed by atoms with E-state index in [0.29, 0.717) is 30.8 Å². The topological polar surface area (TPSA) is 75.7 Å². The summed E-state index contributed by atoms with van der Waals surface area (Å²) in [6.45, 7) is 0.586. The quantitative estimate of drug-likeness (QED) is 0.674. The molecule has 30 heavy (non-hydrogen) atoms. The maximum absolute atomic E-state index is 13.2. The van der Waals surface area contributed by atoms with E-state index in [9.17, 15) is 13.2 Å². The third-order valence-corrected chi connectivity index (χ3v) is 7.31. The predicted molar refractivity (Wildman–Crippen MR) is 117 cm³/mol. The first-order valence-electron chi connectivity index (χ1n) is 9.91. The Morgan fingerprint density at radius 3 is 2.63 bits per heavy atom. The SMILES string of the molecule is COc1cccc(NC(=O)[C@@H]2CCCN(S(=O)(=O)c3ccc4ccccc4c3)C2)c1. The first-order valence-corrected chi connectivity index (χ1v) is 11.4. The minimum Gasteiger partial charge on any atom is -0.497 e. The van der Waals surface area contributed by atoms with Gasteiger partial charge < -0.3 is 10.1 Å². The average Bonchev–Trinajstić information content (AvgIpc) is 2.79. The fraction of sp³-hybridized carbons (Fsp3) is 0.261. The summed E-state index contributed by atoms with van der Waals surface area (Å²) >= 11 is 0. The molecule has 7 heteroatoms. The number of hydrogen-bond donors (Lipinski definition) is 1. The molecule has 0 bridgehead atoms. The van der Waals surface area contributed by atoms with Crippen LogP contribution in [0.15, 0.2) is 71.6 Å². The first-order chi connectivity index (χ1) is 14.5. The number of piperidine rings is 1. The molecule has 1 aliphatic heterocycles. The number of carbonyl (C=O) groups excluding carboxylic acids is 1. The van der Waals surface area contributed by atoms with Gasteiger partial charge in [0.15, 0.2) is 0 Å². The van der Waals surface area contributed by atoms with Crippen LogP contribution in [-0.4, -0.2) is 38.8 Å². The zero-order chi connectivity index (χ0) is 21.1. The van der Waals surface area contributed by atoms with Gasteiger partial charge in [0.05, 0.1) is 17.9 Å². The number of sulfonamides is 1. The van der Waals surface area contributed by atoms with Gasteiger partial charge in [0, 0.05) is 24.8 Å². The highest BCUT2D eigenvalue weighted by molar-refractivity contribution is 7.89. The van der Waals surface area contributed by atoms with Crippen LogP contribution in [0.3, 0.4) is 0 Å². The summed E-state index contributed by atoms with van der Waals surface area (Å²) in [6.07, 6.45) is 1.29. The van der Waals surface area contributed by atoms with Gasteiger partial charge in [-0.05, 0) is 47.9 Å². The van der Waals surface area contributed by atoms with Crippen molar-refractivity contribution < 1.29 is 17.9 Å². The molecule has 0 saturated carbocycles. The van der Waals surface area contributed by atoms with Crippen LogP contribution in [-0.2, 0) is 14.8 Å². The molecule has 1 amide bonds. The molecule has 156 valence electrons. The number of amides is 1. The number of rotatable bonds is 5. The molecule has 0 spiro atoms. The van der Waals surface area contributed by atoms with Crippen molar-refractivity contribution in [1.82, 2.24) is 4.31 Å². The van der Waals surface area contributed by atoms with E-state index < -0.39 is 15.9 Å². The molecule has 0 radical (unpaired) electrons. The summed E-state index contributed by atoms with van der Waals surface area (Å²) in [5, 5.41) is 4.75. The minimum atomic E-state index is -3.67. The second kappa shape index (κ2) is 8.45. The van der Waals surface area contributed by atoms with E-state index in [1.807, 2.05) is 30.3 Å². The summed E-state index contributed by atoms with van der Waals surface area (Å²) in [5.41, 5.74) is 0.633. The molecule has 1 fully saturated rings. The van der Waals surface area contributed by atoms with Crippen molar-refractivity contribution in [3.63, 3.8) is 0 Å². The molecule has 3 aromatic rings. The Bertz CT molecular complexity index is 1180. The molecular formula is C23H24N2O4S. The van der Waals surface area contributed by atoms with Crippen molar-refractivity contribution in [2.75, 3.05) is 25.5 Å². The van der Waals surface area contributed by atoms with E-state index in [4.69, 9.17) is 4.74 Å². The third kappa shape index (κ3) is 4.17. The largest absolute Gasteiger partial charge is 0.497 e. The Labute approximate surface area is 176 Å². The van der Waals surface area contributed by atoms with Crippen molar-refractivity contribution in [3.05, 3.63) is 66.7 Å². The highest BCUT2D eigenvalue weighted by Gasteiger charge is 2.33. The second-order valence-corrected chi connectivity index (χ2v) is 9.37. The second-order valence-electron chi connectivity index (χ2n) is 7.43. The zero-order valence-electron chi connectivity index (χ0n) is 16.7. The molecule has 6 nitrogen and oxygen atoms in total. The molecule has 0 aromatic heterocycles. The van der Waals surface area contributed by atoms with Gasteiger partial charge in [-0.2, -0.15) is 4.31 Å². The van der Waals surface area contributed by atoms with Crippen LogP contribution in [0.1, 0.15) is 12.8 Å². The van der Waals surface area contributed by atoms with Crippen molar-refractivity contribution in [3.8, 4) is 5.75 Å². The number of nitrogens with one attached hydrogen (secondary N) is 1. The highest BCUT2D eigenvalue weighted by Crippen LogP contribution is 2.27. The van der Waals surface area contributed by atoms with Gasteiger partial charge in [-0.15, -0.1) is 0 Å². The minimum absolute atomic E-state index is 0.172. The summed E-state index contributed by atoms with van der Waals surface area (Å²) in [4.78, 5) is 13.0. The van der Waals surface area contributed by atoms with Crippen molar-refractivity contribution in [2.45, 2.75) is 17.7 Å². The van der Waals surface area contributed by atoms with Crippen molar-refractivity contribution in [1.29, 1.82) is 0 Å². The van der Waals surface area contributed by atoms with E-state index in [1.165, 1.54) is 4.31 Å². The van der Waals surface area contributed by atoms with E-state index in [2.05, 4.69) is 5.32 Å². The predicted octanol–water partition coefficient (Wildman–Crippen LogP) is 3.89. The lowest BCUT2D eigenvalue weighted by Gasteiger charge is -2.31. The van der Waals surface area contributed by atoms with Gasteiger partial charge in [-0.3, -0.25) is 4.79 Å². The molecule has 1 aliphatic rings. The fourth-order valence-corrected chi connectivity index (χ4v) is 5.36. The summed E-state index contributed by atoms with van der Waals surface area (Å²) in [5.74, 6) is 0.0683. The fourth-order valence-electron chi connectivity index (χ4n) is 3.80. The van der Waals surface area contributed by atoms with E-state index in [-0.39, 0.29) is 17.3 Å². The van der Waals surface area contributed by atoms with Crippen LogP contribution in [0.5, 0.6) is 5.75 Å². The maximum Gasteiger partial charge on any atom is 0.243 e. The Kier molecular flexibility index (Phi) is 5.74. The van der Waals surface area contributed by atoms with Crippen LogP contribution in [0.4, 0.5) is 5.69 Å². The summed E-state index contributed by atoms with van der Waals surface area (Å²) in [7, 11) is -2.10. The number of nitrogens with zero attached hydrogens (tertiary/aromatic N) is 1. The number of anilines is 1. The van der Waals surface area contributed by atoms with Gasteiger partial charge >= 0.3 is 0 Å². The molecule has 4 rings (SSSR count). The number of fused-ring (bicyclic) bond motifs is 1. The van der Waals surface area contributed by atoms with E-state index >= 15 is 0 Å². The molecular weight excluding hydrogens is 400 g/mol. The smallest absolute Gasteiger partial charge is 0.243 e. The monoisotopic (exact) mass is 424 g/mol. The number of ether oxygens (including phenoxy) is 1. The lowest BCUT2D eigenvalue weighted by Crippen LogP contribution is -2.43. The number of carbonyl (C=O) groups is 1. The third-order valence-electron chi connectivity index (χ3n) is 5.45.